The van der Waals surface area contributed by atoms with E-state index in [1.165, 1.54) is 0 Å². The van der Waals surface area contributed by atoms with Crippen LogP contribution in [0.25, 0.3) is 5.69 Å². The minimum absolute atomic E-state index is 0.0499. The molecule has 29 heavy (non-hydrogen) atoms. The lowest BCUT2D eigenvalue weighted by molar-refractivity contribution is -0.128. The number of aromatic nitrogens is 2. The lowest BCUT2D eigenvalue weighted by Crippen LogP contribution is -2.37. The molecule has 0 atom stereocenters. The zero-order valence-corrected chi connectivity index (χ0v) is 16.9. The van der Waals surface area contributed by atoms with Gasteiger partial charge in [-0.2, -0.15) is 5.10 Å². The van der Waals surface area contributed by atoms with E-state index in [1.54, 1.807) is 23.8 Å². The zero-order chi connectivity index (χ0) is 20.4. The summed E-state index contributed by atoms with van der Waals surface area (Å²) in [5.41, 5.74) is 3.23. The highest BCUT2D eigenvalue weighted by Gasteiger charge is 2.30. The first-order valence-electron chi connectivity index (χ1n) is 9.96. The van der Waals surface area contributed by atoms with E-state index in [4.69, 9.17) is 14.6 Å². The second-order valence-corrected chi connectivity index (χ2v) is 7.34. The van der Waals surface area contributed by atoms with Crippen molar-refractivity contribution in [1.29, 1.82) is 0 Å². The van der Waals surface area contributed by atoms with Gasteiger partial charge in [-0.1, -0.05) is 0 Å². The Morgan fingerprint density at radius 2 is 1.79 bits per heavy atom. The Balaban J connectivity index is 1.64. The largest absolute Gasteiger partial charge is 0.497 e. The molecule has 3 heterocycles. The molecular weight excluding hydrogens is 372 g/mol. The van der Waals surface area contributed by atoms with E-state index in [0.717, 1.165) is 29.1 Å². The Hall–Kier alpha value is -2.87. The van der Waals surface area contributed by atoms with Crippen molar-refractivity contribution in [1.82, 2.24) is 19.6 Å². The number of carbonyl (C=O) groups is 2. The normalized spacial score (nSPS) is 16.9. The molecule has 1 saturated heterocycles. The molecule has 0 N–H and O–H groups in total. The molecule has 1 aromatic carbocycles. The lowest BCUT2D eigenvalue weighted by atomic mass is 10.1. The molecular formula is C21H26N4O4. The van der Waals surface area contributed by atoms with E-state index in [0.29, 0.717) is 51.5 Å². The molecule has 8 nitrogen and oxygen atoms in total. The number of amides is 2. The van der Waals surface area contributed by atoms with Crippen LogP contribution >= 0.6 is 0 Å². The maximum absolute atomic E-state index is 13.3. The molecule has 8 heteroatoms. The maximum Gasteiger partial charge on any atom is 0.274 e. The number of rotatable bonds is 3. The van der Waals surface area contributed by atoms with Gasteiger partial charge in [0.05, 0.1) is 31.7 Å². The number of methoxy groups -OCH3 is 1. The smallest absolute Gasteiger partial charge is 0.274 e. The Morgan fingerprint density at radius 3 is 2.52 bits per heavy atom. The van der Waals surface area contributed by atoms with Gasteiger partial charge < -0.3 is 19.3 Å². The van der Waals surface area contributed by atoms with Crippen LogP contribution in [-0.2, 0) is 22.6 Å². The number of carbonyl (C=O) groups excluding carboxylic acids is 2. The van der Waals surface area contributed by atoms with Crippen molar-refractivity contribution in [2.45, 2.75) is 26.4 Å². The number of benzene rings is 1. The van der Waals surface area contributed by atoms with E-state index in [1.807, 2.05) is 28.9 Å². The van der Waals surface area contributed by atoms with Crippen LogP contribution < -0.4 is 4.74 Å². The molecule has 154 valence electrons. The summed E-state index contributed by atoms with van der Waals surface area (Å²) in [6.07, 6.45) is 1.48. The van der Waals surface area contributed by atoms with Crippen LogP contribution in [0.5, 0.6) is 5.75 Å². The highest BCUT2D eigenvalue weighted by atomic mass is 16.5. The Morgan fingerprint density at radius 1 is 1.07 bits per heavy atom. The molecule has 1 aromatic heterocycles. The average molecular weight is 398 g/mol. The van der Waals surface area contributed by atoms with Crippen molar-refractivity contribution in [2.24, 2.45) is 0 Å². The van der Waals surface area contributed by atoms with Gasteiger partial charge in [0.1, 0.15) is 5.75 Å². The SMILES string of the molecule is COc1ccc(-n2nc(C(=O)N3CCCN(C(C)=O)CC3)c3c2CCOC3)cc1. The number of nitrogens with zero attached hydrogens (tertiary/aromatic N) is 4. The van der Waals surface area contributed by atoms with Gasteiger partial charge in [-0.05, 0) is 30.7 Å². The van der Waals surface area contributed by atoms with E-state index in [2.05, 4.69) is 0 Å². The molecule has 2 amide bonds. The summed E-state index contributed by atoms with van der Waals surface area (Å²) < 4.78 is 12.7. The second kappa shape index (κ2) is 8.24. The van der Waals surface area contributed by atoms with Gasteiger partial charge >= 0.3 is 0 Å². The number of ether oxygens (including phenoxy) is 2. The van der Waals surface area contributed by atoms with Crippen molar-refractivity contribution in [2.75, 3.05) is 39.9 Å². The van der Waals surface area contributed by atoms with Gasteiger partial charge in [0.25, 0.3) is 5.91 Å². The summed E-state index contributed by atoms with van der Waals surface area (Å²) in [6, 6.07) is 7.64. The first-order valence-corrected chi connectivity index (χ1v) is 9.96. The minimum Gasteiger partial charge on any atom is -0.497 e. The van der Waals surface area contributed by atoms with Crippen LogP contribution in [0.4, 0.5) is 0 Å². The summed E-state index contributed by atoms with van der Waals surface area (Å²) in [4.78, 5) is 28.6. The van der Waals surface area contributed by atoms with E-state index < -0.39 is 0 Å². The van der Waals surface area contributed by atoms with Gasteiger partial charge in [-0.15, -0.1) is 0 Å². The molecule has 0 aliphatic carbocycles. The van der Waals surface area contributed by atoms with Crippen LogP contribution in [0.2, 0.25) is 0 Å². The monoisotopic (exact) mass is 398 g/mol. The molecule has 2 aliphatic heterocycles. The van der Waals surface area contributed by atoms with Crippen LogP contribution in [-0.4, -0.2) is 71.3 Å². The molecule has 4 rings (SSSR count). The standard InChI is InChI=1S/C21H26N4O4/c1-15(26)23-9-3-10-24(12-11-23)21(27)20-18-14-29-13-8-19(18)25(22-20)16-4-6-17(28-2)7-5-16/h4-7H,3,8-14H2,1-2H3. The topological polar surface area (TPSA) is 76.9 Å². The Bertz CT molecular complexity index is 906. The first-order chi connectivity index (χ1) is 14.1. The molecule has 0 bridgehead atoms. The van der Waals surface area contributed by atoms with Crippen molar-refractivity contribution in [3.8, 4) is 11.4 Å². The van der Waals surface area contributed by atoms with Crippen molar-refractivity contribution < 1.29 is 19.1 Å². The summed E-state index contributed by atoms with van der Waals surface area (Å²) in [5.74, 6) is 0.729. The fraction of sp³-hybridized carbons (Fsp3) is 0.476. The third-order valence-electron chi connectivity index (χ3n) is 5.57. The quantitative estimate of drug-likeness (QED) is 0.786. The minimum atomic E-state index is -0.0931. The summed E-state index contributed by atoms with van der Waals surface area (Å²) in [7, 11) is 1.63. The lowest BCUT2D eigenvalue weighted by Gasteiger charge is -2.21. The number of hydrogen-bond acceptors (Lipinski definition) is 5. The summed E-state index contributed by atoms with van der Waals surface area (Å²) in [6.45, 7) is 4.94. The fourth-order valence-electron chi connectivity index (χ4n) is 3.93. The average Bonchev–Trinajstić information content (AvgIpc) is 2.95. The van der Waals surface area contributed by atoms with Crippen molar-refractivity contribution in [3.63, 3.8) is 0 Å². The highest BCUT2D eigenvalue weighted by molar-refractivity contribution is 5.94. The predicted octanol–water partition coefficient (Wildman–Crippen LogP) is 1.65. The molecule has 0 unspecified atom stereocenters. The van der Waals surface area contributed by atoms with Crippen LogP contribution in [0.15, 0.2) is 24.3 Å². The molecule has 2 aliphatic rings. The Kier molecular flexibility index (Phi) is 5.53. The highest BCUT2D eigenvalue weighted by Crippen LogP contribution is 2.26. The van der Waals surface area contributed by atoms with Gasteiger partial charge in [0, 0.05) is 45.1 Å². The summed E-state index contributed by atoms with van der Waals surface area (Å²) >= 11 is 0. The van der Waals surface area contributed by atoms with Crippen LogP contribution in [0.1, 0.15) is 35.1 Å². The maximum atomic E-state index is 13.3. The molecule has 0 saturated carbocycles. The Labute approximate surface area is 170 Å². The van der Waals surface area contributed by atoms with Gasteiger partial charge in [-0.25, -0.2) is 4.68 Å². The van der Waals surface area contributed by atoms with E-state index in [9.17, 15) is 9.59 Å². The zero-order valence-electron chi connectivity index (χ0n) is 16.9. The molecule has 0 spiro atoms. The van der Waals surface area contributed by atoms with Gasteiger partial charge in [0.2, 0.25) is 5.91 Å². The molecule has 1 fully saturated rings. The predicted molar refractivity (Wildman–Crippen MR) is 106 cm³/mol. The number of fused-ring (bicyclic) bond motifs is 1. The van der Waals surface area contributed by atoms with Gasteiger partial charge in [0.15, 0.2) is 5.69 Å². The summed E-state index contributed by atoms with van der Waals surface area (Å²) in [5, 5.41) is 4.70. The number of hydrogen-bond donors (Lipinski definition) is 0. The molecule has 2 aromatic rings. The van der Waals surface area contributed by atoms with Crippen molar-refractivity contribution in [3.05, 3.63) is 41.2 Å². The van der Waals surface area contributed by atoms with Crippen molar-refractivity contribution >= 4 is 11.8 Å². The van der Waals surface area contributed by atoms with Crippen LogP contribution in [0.3, 0.4) is 0 Å². The third kappa shape index (κ3) is 3.85. The van der Waals surface area contributed by atoms with Crippen LogP contribution in [0, 0.1) is 0 Å². The second-order valence-electron chi connectivity index (χ2n) is 7.34. The van der Waals surface area contributed by atoms with E-state index in [-0.39, 0.29) is 11.8 Å². The molecule has 0 radical (unpaired) electrons. The van der Waals surface area contributed by atoms with E-state index >= 15 is 0 Å². The first kappa shape index (κ1) is 19.4. The van der Waals surface area contributed by atoms with Gasteiger partial charge in [-0.3, -0.25) is 9.59 Å². The fourth-order valence-corrected chi connectivity index (χ4v) is 3.93. The third-order valence-corrected chi connectivity index (χ3v) is 5.57.